The number of halogens is 1. The molecule has 0 amide bonds. The molecular weight excluding hydrogens is 406 g/mol. The summed E-state index contributed by atoms with van der Waals surface area (Å²) in [6.45, 7) is 0.185. The number of nitrogens with one attached hydrogen (secondary N) is 1. The van der Waals surface area contributed by atoms with E-state index >= 15 is 0 Å². The summed E-state index contributed by atoms with van der Waals surface area (Å²) in [6.07, 6.45) is 1.55. The highest BCUT2D eigenvalue weighted by atomic mass is 35.5. The fourth-order valence-electron chi connectivity index (χ4n) is 2.27. The smallest absolute Gasteiger partial charge is 0.337 e. The molecule has 1 aromatic heterocycles. The second-order valence-corrected chi connectivity index (χ2v) is 7.69. The summed E-state index contributed by atoms with van der Waals surface area (Å²) >= 11 is 5.78. The van der Waals surface area contributed by atoms with Crippen molar-refractivity contribution in [2.75, 3.05) is 4.72 Å². The number of carbonyl (C=O) groups is 1. The van der Waals surface area contributed by atoms with Crippen molar-refractivity contribution in [1.82, 2.24) is 10.2 Å². The maximum absolute atomic E-state index is 12.6. The van der Waals surface area contributed by atoms with Gasteiger partial charge in [-0.2, -0.15) is 10.2 Å². The average Bonchev–Trinajstić information content (AvgIpc) is 2.68. The van der Waals surface area contributed by atoms with Gasteiger partial charge in [0.15, 0.2) is 0 Å². The Morgan fingerprint density at radius 2 is 1.89 bits per heavy atom. The largest absolute Gasteiger partial charge is 0.487 e. The van der Waals surface area contributed by atoms with Crippen molar-refractivity contribution in [2.45, 2.75) is 11.5 Å². The van der Waals surface area contributed by atoms with Crippen LogP contribution in [0.1, 0.15) is 16.1 Å². The van der Waals surface area contributed by atoms with E-state index in [9.17, 15) is 18.3 Å². The Labute approximate surface area is 165 Å². The highest BCUT2D eigenvalue weighted by Gasteiger charge is 2.19. The molecule has 0 bridgehead atoms. The van der Waals surface area contributed by atoms with E-state index in [0.29, 0.717) is 11.4 Å². The molecule has 0 unspecified atom stereocenters. The molecule has 28 heavy (non-hydrogen) atoms. The molecule has 3 rings (SSSR count). The number of aromatic carboxylic acids is 1. The predicted molar refractivity (Wildman–Crippen MR) is 102 cm³/mol. The number of anilines is 1. The lowest BCUT2D eigenvalue weighted by molar-refractivity contribution is 0.0698. The maximum Gasteiger partial charge on any atom is 0.337 e. The van der Waals surface area contributed by atoms with Gasteiger partial charge in [0.25, 0.3) is 10.0 Å². The van der Waals surface area contributed by atoms with E-state index in [1.807, 2.05) is 0 Å². The number of benzene rings is 2. The Morgan fingerprint density at radius 1 is 1.14 bits per heavy atom. The molecule has 1 heterocycles. The quantitative estimate of drug-likeness (QED) is 0.603. The minimum Gasteiger partial charge on any atom is -0.487 e. The summed E-state index contributed by atoms with van der Waals surface area (Å²) < 4.78 is 32.9. The third kappa shape index (κ3) is 4.76. The van der Waals surface area contributed by atoms with Crippen LogP contribution in [0, 0.1) is 0 Å². The van der Waals surface area contributed by atoms with E-state index < -0.39 is 16.0 Å². The van der Waals surface area contributed by atoms with Crippen LogP contribution in [0.2, 0.25) is 5.02 Å². The monoisotopic (exact) mass is 419 g/mol. The SMILES string of the molecule is O=C(O)c1cc(Cl)ccc1NS(=O)(=O)c1ccc(OCc2cccnn2)cc1. The zero-order valence-electron chi connectivity index (χ0n) is 14.2. The number of aromatic nitrogens is 2. The van der Waals surface area contributed by atoms with Crippen molar-refractivity contribution < 1.29 is 23.1 Å². The van der Waals surface area contributed by atoms with Gasteiger partial charge in [0, 0.05) is 11.2 Å². The van der Waals surface area contributed by atoms with E-state index in [1.54, 1.807) is 18.3 Å². The second kappa shape index (κ2) is 8.24. The van der Waals surface area contributed by atoms with Crippen LogP contribution in [0.25, 0.3) is 0 Å². The Morgan fingerprint density at radius 3 is 2.54 bits per heavy atom. The first kappa shape index (κ1) is 19.6. The first-order chi connectivity index (χ1) is 13.3. The zero-order chi connectivity index (χ0) is 20.1. The molecule has 0 aliphatic carbocycles. The predicted octanol–water partition coefficient (Wildman–Crippen LogP) is 3.21. The van der Waals surface area contributed by atoms with Gasteiger partial charge in [0.05, 0.1) is 16.1 Å². The Balaban J connectivity index is 1.75. The van der Waals surface area contributed by atoms with Gasteiger partial charge >= 0.3 is 5.97 Å². The van der Waals surface area contributed by atoms with Crippen LogP contribution in [0.15, 0.2) is 65.7 Å². The van der Waals surface area contributed by atoms with Gasteiger partial charge in [-0.15, -0.1) is 0 Å². The second-order valence-electron chi connectivity index (χ2n) is 5.58. The van der Waals surface area contributed by atoms with Crippen LogP contribution in [-0.4, -0.2) is 29.7 Å². The van der Waals surface area contributed by atoms with E-state index in [4.69, 9.17) is 16.3 Å². The molecule has 0 radical (unpaired) electrons. The van der Waals surface area contributed by atoms with Crippen LogP contribution in [0.4, 0.5) is 5.69 Å². The molecular formula is C18H14ClN3O5S. The van der Waals surface area contributed by atoms with E-state index in [0.717, 1.165) is 0 Å². The zero-order valence-corrected chi connectivity index (χ0v) is 15.8. The minimum atomic E-state index is -4.00. The van der Waals surface area contributed by atoms with Crippen molar-refractivity contribution in [3.05, 3.63) is 77.1 Å². The Bertz CT molecular complexity index is 1090. The van der Waals surface area contributed by atoms with E-state index in [1.165, 1.54) is 42.5 Å². The van der Waals surface area contributed by atoms with Crippen molar-refractivity contribution in [3.63, 3.8) is 0 Å². The summed E-state index contributed by atoms with van der Waals surface area (Å²) in [6, 6.07) is 13.0. The lowest BCUT2D eigenvalue weighted by atomic mass is 10.2. The molecule has 0 atom stereocenters. The molecule has 144 valence electrons. The molecule has 0 fully saturated rings. The fraction of sp³-hybridized carbons (Fsp3) is 0.0556. The molecule has 0 spiro atoms. The molecule has 8 nitrogen and oxygen atoms in total. The Kier molecular flexibility index (Phi) is 5.76. The van der Waals surface area contributed by atoms with Crippen LogP contribution < -0.4 is 9.46 Å². The summed E-state index contributed by atoms with van der Waals surface area (Å²) in [5.41, 5.74) is 0.296. The third-order valence-corrected chi connectivity index (χ3v) is 5.22. The first-order valence-electron chi connectivity index (χ1n) is 7.90. The highest BCUT2D eigenvalue weighted by molar-refractivity contribution is 7.92. The topological polar surface area (TPSA) is 118 Å². The number of carboxylic acids is 1. The molecule has 10 heteroatoms. The lowest BCUT2D eigenvalue weighted by Gasteiger charge is -2.11. The van der Waals surface area contributed by atoms with Crippen LogP contribution in [-0.2, 0) is 16.6 Å². The first-order valence-corrected chi connectivity index (χ1v) is 9.76. The van der Waals surface area contributed by atoms with Gasteiger partial charge < -0.3 is 9.84 Å². The van der Waals surface area contributed by atoms with Crippen LogP contribution in [0.5, 0.6) is 5.75 Å². The molecule has 2 aromatic carbocycles. The van der Waals surface area contributed by atoms with Crippen molar-refractivity contribution in [3.8, 4) is 5.75 Å². The number of hydrogen-bond donors (Lipinski definition) is 2. The van der Waals surface area contributed by atoms with Crippen molar-refractivity contribution in [2.24, 2.45) is 0 Å². The Hall–Kier alpha value is -3.17. The number of carboxylic acid groups (broad SMARTS) is 1. The maximum atomic E-state index is 12.6. The fourth-order valence-corrected chi connectivity index (χ4v) is 3.52. The lowest BCUT2D eigenvalue weighted by Crippen LogP contribution is -2.15. The summed E-state index contributed by atoms with van der Waals surface area (Å²) in [5.74, 6) is -0.852. The van der Waals surface area contributed by atoms with E-state index in [2.05, 4.69) is 14.9 Å². The van der Waals surface area contributed by atoms with Crippen molar-refractivity contribution in [1.29, 1.82) is 0 Å². The van der Waals surface area contributed by atoms with Gasteiger partial charge in [-0.1, -0.05) is 11.6 Å². The van der Waals surface area contributed by atoms with Gasteiger partial charge in [0.2, 0.25) is 0 Å². The highest BCUT2D eigenvalue weighted by Crippen LogP contribution is 2.25. The van der Waals surface area contributed by atoms with Crippen LogP contribution >= 0.6 is 11.6 Å². The van der Waals surface area contributed by atoms with Crippen LogP contribution in [0.3, 0.4) is 0 Å². The average molecular weight is 420 g/mol. The number of rotatable bonds is 7. The van der Waals surface area contributed by atoms with E-state index in [-0.39, 0.29) is 27.8 Å². The van der Waals surface area contributed by atoms with Gasteiger partial charge in [0.1, 0.15) is 18.1 Å². The molecule has 2 N–H and O–H groups in total. The van der Waals surface area contributed by atoms with Gasteiger partial charge in [-0.25, -0.2) is 13.2 Å². The molecule has 0 aliphatic rings. The van der Waals surface area contributed by atoms with Crippen molar-refractivity contribution >= 4 is 33.3 Å². The molecule has 0 saturated carbocycles. The third-order valence-electron chi connectivity index (χ3n) is 3.60. The number of ether oxygens (including phenoxy) is 1. The van der Waals surface area contributed by atoms with Gasteiger partial charge in [-0.05, 0) is 54.6 Å². The summed E-state index contributed by atoms with van der Waals surface area (Å²) in [7, 11) is -4.00. The molecule has 3 aromatic rings. The summed E-state index contributed by atoms with van der Waals surface area (Å²) in [5, 5.41) is 17.0. The standard InChI is InChI=1S/C18H14ClN3O5S/c19-12-3-8-17(16(10-12)18(23)24)22-28(25,26)15-6-4-14(5-7-15)27-11-13-2-1-9-20-21-13/h1-10,22H,11H2,(H,23,24). The minimum absolute atomic E-state index is 0.0503. The normalized spacial score (nSPS) is 11.0. The number of hydrogen-bond acceptors (Lipinski definition) is 6. The van der Waals surface area contributed by atoms with Gasteiger partial charge in [-0.3, -0.25) is 4.72 Å². The molecule has 0 aliphatic heterocycles. The summed E-state index contributed by atoms with van der Waals surface area (Å²) in [4.78, 5) is 11.3. The molecule has 0 saturated heterocycles. The number of sulfonamides is 1. The number of nitrogens with zero attached hydrogens (tertiary/aromatic N) is 2.